The molecule has 0 radical (unpaired) electrons. The second-order valence-corrected chi connectivity index (χ2v) is 3.25. The van der Waals surface area contributed by atoms with E-state index < -0.39 is 0 Å². The fourth-order valence-corrected chi connectivity index (χ4v) is 1.41. The minimum Gasteiger partial charge on any atom is -0.382 e. The van der Waals surface area contributed by atoms with Gasteiger partial charge < -0.3 is 5.73 Å². The van der Waals surface area contributed by atoms with E-state index in [2.05, 4.69) is 16.9 Å². The predicted octanol–water partition coefficient (Wildman–Crippen LogP) is 1.50. The van der Waals surface area contributed by atoms with E-state index >= 15 is 0 Å². The van der Waals surface area contributed by atoms with Gasteiger partial charge in [-0.2, -0.15) is 0 Å². The third kappa shape index (κ3) is 1.26. The number of hydrogen-bond acceptors (Lipinski definition) is 3. The third-order valence-electron chi connectivity index (χ3n) is 2.19. The van der Waals surface area contributed by atoms with Crippen molar-refractivity contribution < 1.29 is 0 Å². The van der Waals surface area contributed by atoms with Crippen molar-refractivity contribution in [1.29, 1.82) is 0 Å². The molecular weight excluding hydrogens is 150 g/mol. The molecule has 2 N–H and O–H groups in total. The molecule has 12 heavy (non-hydrogen) atoms. The molecule has 3 nitrogen and oxygen atoms in total. The monoisotopic (exact) mass is 163 g/mol. The van der Waals surface area contributed by atoms with Crippen LogP contribution < -0.4 is 5.73 Å². The van der Waals surface area contributed by atoms with Crippen molar-refractivity contribution >= 4 is 5.82 Å². The Bertz CT molecular complexity index is 292. The Hall–Kier alpha value is -1.12. The van der Waals surface area contributed by atoms with Gasteiger partial charge in [-0.15, -0.1) is 0 Å². The number of hydrogen-bond donors (Lipinski definition) is 1. The first-order valence-corrected chi connectivity index (χ1v) is 4.42. The van der Waals surface area contributed by atoms with Gasteiger partial charge >= 0.3 is 0 Å². The molecule has 1 aliphatic carbocycles. The first-order chi connectivity index (χ1) is 5.81. The van der Waals surface area contributed by atoms with E-state index in [9.17, 15) is 0 Å². The zero-order valence-corrected chi connectivity index (χ0v) is 7.25. The van der Waals surface area contributed by atoms with E-state index in [1.54, 1.807) is 6.20 Å². The molecule has 0 saturated heterocycles. The molecule has 2 rings (SSSR count). The van der Waals surface area contributed by atoms with Gasteiger partial charge in [0.1, 0.15) is 5.82 Å². The van der Waals surface area contributed by atoms with Crippen LogP contribution in [-0.2, 0) is 6.42 Å². The third-order valence-corrected chi connectivity index (χ3v) is 2.19. The second kappa shape index (κ2) is 2.73. The first-order valence-electron chi connectivity index (χ1n) is 4.42. The minimum absolute atomic E-state index is 0.538. The number of aryl methyl sites for hydroxylation is 1. The number of anilines is 1. The van der Waals surface area contributed by atoms with Crippen molar-refractivity contribution in [3.05, 3.63) is 17.6 Å². The quantitative estimate of drug-likeness (QED) is 0.718. The summed E-state index contributed by atoms with van der Waals surface area (Å²) >= 11 is 0. The van der Waals surface area contributed by atoms with Gasteiger partial charge in [-0.3, -0.25) is 4.98 Å². The van der Waals surface area contributed by atoms with Gasteiger partial charge in [-0.05, 0) is 19.3 Å². The number of nitrogens with two attached hydrogens (primary N) is 1. The number of rotatable bonds is 2. The summed E-state index contributed by atoms with van der Waals surface area (Å²) in [4.78, 5) is 8.59. The highest BCUT2D eigenvalue weighted by molar-refractivity contribution is 5.30. The standard InChI is InChI=1S/C9H13N3/c1-2-7-9(6-3-4-6)11-5-8(10)12-7/h5-6H,2-4H2,1H3,(H2,10,12). The maximum atomic E-state index is 5.55. The average Bonchev–Trinajstić information content (AvgIpc) is 2.87. The molecule has 0 aromatic carbocycles. The molecule has 0 atom stereocenters. The molecule has 0 bridgehead atoms. The van der Waals surface area contributed by atoms with Gasteiger partial charge in [-0.1, -0.05) is 6.92 Å². The fraction of sp³-hybridized carbons (Fsp3) is 0.556. The van der Waals surface area contributed by atoms with E-state index in [-0.39, 0.29) is 0 Å². The van der Waals surface area contributed by atoms with E-state index in [1.165, 1.54) is 18.5 Å². The summed E-state index contributed by atoms with van der Waals surface area (Å²) in [5, 5.41) is 0. The Kier molecular flexibility index (Phi) is 1.71. The highest BCUT2D eigenvalue weighted by Gasteiger charge is 2.27. The normalized spacial score (nSPS) is 16.4. The Morgan fingerprint density at radius 3 is 2.92 bits per heavy atom. The molecule has 1 heterocycles. The van der Waals surface area contributed by atoms with E-state index in [0.717, 1.165) is 12.1 Å². The lowest BCUT2D eigenvalue weighted by Crippen LogP contribution is -2.02. The summed E-state index contributed by atoms with van der Waals surface area (Å²) in [6, 6.07) is 0. The van der Waals surface area contributed by atoms with Crippen molar-refractivity contribution in [3.8, 4) is 0 Å². The Labute approximate surface area is 72.0 Å². The summed E-state index contributed by atoms with van der Waals surface area (Å²) in [5.74, 6) is 1.21. The molecular formula is C9H13N3. The van der Waals surface area contributed by atoms with E-state index in [4.69, 9.17) is 5.73 Å². The molecule has 64 valence electrons. The lowest BCUT2D eigenvalue weighted by molar-refractivity contribution is 0.901. The van der Waals surface area contributed by atoms with Gasteiger partial charge in [-0.25, -0.2) is 4.98 Å². The SMILES string of the molecule is CCc1nc(N)cnc1C1CC1. The van der Waals surface area contributed by atoms with Crippen LogP contribution in [0.1, 0.15) is 37.1 Å². The first kappa shape index (κ1) is 7.53. The summed E-state index contributed by atoms with van der Waals surface area (Å²) in [7, 11) is 0. The molecule has 3 heteroatoms. The molecule has 1 aromatic heterocycles. The lowest BCUT2D eigenvalue weighted by Gasteiger charge is -2.04. The van der Waals surface area contributed by atoms with E-state index in [0.29, 0.717) is 11.7 Å². The number of nitrogen functional groups attached to an aromatic ring is 1. The Balaban J connectivity index is 2.38. The smallest absolute Gasteiger partial charge is 0.142 e. The van der Waals surface area contributed by atoms with Gasteiger partial charge in [0.15, 0.2) is 0 Å². The number of nitrogens with zero attached hydrogens (tertiary/aromatic N) is 2. The van der Waals surface area contributed by atoms with Crippen molar-refractivity contribution in [3.63, 3.8) is 0 Å². The molecule has 0 aliphatic heterocycles. The predicted molar refractivity (Wildman–Crippen MR) is 47.8 cm³/mol. The maximum absolute atomic E-state index is 5.55. The van der Waals surface area contributed by atoms with Crippen LogP contribution in [0.2, 0.25) is 0 Å². The Morgan fingerprint density at radius 1 is 1.58 bits per heavy atom. The molecule has 1 saturated carbocycles. The van der Waals surface area contributed by atoms with Crippen LogP contribution in [-0.4, -0.2) is 9.97 Å². The molecule has 0 spiro atoms. The molecule has 0 amide bonds. The molecule has 1 aromatic rings. The molecule has 1 fully saturated rings. The highest BCUT2D eigenvalue weighted by atomic mass is 14.9. The zero-order chi connectivity index (χ0) is 8.55. The minimum atomic E-state index is 0.538. The summed E-state index contributed by atoms with van der Waals surface area (Å²) in [5.41, 5.74) is 7.80. The fourth-order valence-electron chi connectivity index (χ4n) is 1.41. The number of aromatic nitrogens is 2. The van der Waals surface area contributed by atoms with Gasteiger partial charge in [0.25, 0.3) is 0 Å². The van der Waals surface area contributed by atoms with Crippen molar-refractivity contribution in [2.24, 2.45) is 0 Å². The van der Waals surface area contributed by atoms with Crippen molar-refractivity contribution in [2.75, 3.05) is 5.73 Å². The van der Waals surface area contributed by atoms with Crippen LogP contribution in [0.15, 0.2) is 6.20 Å². The average molecular weight is 163 g/mol. The summed E-state index contributed by atoms with van der Waals surface area (Å²) in [6.45, 7) is 2.09. The lowest BCUT2D eigenvalue weighted by atomic mass is 10.2. The molecule has 0 unspecified atom stereocenters. The molecule has 1 aliphatic rings. The van der Waals surface area contributed by atoms with Crippen LogP contribution >= 0.6 is 0 Å². The van der Waals surface area contributed by atoms with Gasteiger partial charge in [0.2, 0.25) is 0 Å². The van der Waals surface area contributed by atoms with Gasteiger partial charge in [0.05, 0.1) is 17.6 Å². The van der Waals surface area contributed by atoms with Crippen molar-refractivity contribution in [1.82, 2.24) is 9.97 Å². The largest absolute Gasteiger partial charge is 0.382 e. The van der Waals surface area contributed by atoms with Crippen LogP contribution in [0.3, 0.4) is 0 Å². The maximum Gasteiger partial charge on any atom is 0.142 e. The van der Waals surface area contributed by atoms with Crippen LogP contribution in [0.5, 0.6) is 0 Å². The van der Waals surface area contributed by atoms with E-state index in [1.807, 2.05) is 0 Å². The summed E-state index contributed by atoms with van der Waals surface area (Å²) < 4.78 is 0. The topological polar surface area (TPSA) is 51.8 Å². The van der Waals surface area contributed by atoms with Gasteiger partial charge in [0, 0.05) is 5.92 Å². The van der Waals surface area contributed by atoms with Crippen molar-refractivity contribution in [2.45, 2.75) is 32.1 Å². The highest BCUT2D eigenvalue weighted by Crippen LogP contribution is 2.40. The van der Waals surface area contributed by atoms with Crippen LogP contribution in [0.4, 0.5) is 5.82 Å². The second-order valence-electron chi connectivity index (χ2n) is 3.25. The van der Waals surface area contributed by atoms with Crippen LogP contribution in [0.25, 0.3) is 0 Å². The Morgan fingerprint density at radius 2 is 2.33 bits per heavy atom. The summed E-state index contributed by atoms with van der Waals surface area (Å²) in [6.07, 6.45) is 5.13. The van der Waals surface area contributed by atoms with Crippen LogP contribution in [0, 0.1) is 0 Å². The zero-order valence-electron chi connectivity index (χ0n) is 7.25.